The van der Waals surface area contributed by atoms with Crippen LogP contribution in [0.3, 0.4) is 0 Å². The zero-order valence-corrected chi connectivity index (χ0v) is 18.4. The number of rotatable bonds is 5. The highest BCUT2D eigenvalue weighted by Crippen LogP contribution is 2.33. The normalized spacial score (nSPS) is 20.4. The molecule has 0 bridgehead atoms. The molecule has 1 aromatic heterocycles. The Kier molecular flexibility index (Phi) is 5.92. The number of carbonyl (C=O) groups is 1. The first kappa shape index (κ1) is 20.8. The summed E-state index contributed by atoms with van der Waals surface area (Å²) in [6, 6.07) is 5.43. The van der Waals surface area contributed by atoms with Crippen molar-refractivity contribution in [3.8, 4) is 16.3 Å². The zero-order valence-electron chi connectivity index (χ0n) is 17.6. The summed E-state index contributed by atoms with van der Waals surface area (Å²) in [4.78, 5) is 30.0. The third kappa shape index (κ3) is 4.32. The Bertz CT molecular complexity index is 955. The maximum Gasteiger partial charge on any atom is 0.236 e. The highest BCUT2D eigenvalue weighted by Gasteiger charge is 2.30. The molecule has 0 atom stereocenters. The molecule has 1 saturated heterocycles. The van der Waals surface area contributed by atoms with Gasteiger partial charge in [-0.2, -0.15) is 5.90 Å². The Balaban J connectivity index is 1.18. The van der Waals surface area contributed by atoms with Crippen LogP contribution in [0.5, 0.6) is 5.75 Å². The van der Waals surface area contributed by atoms with Crippen molar-refractivity contribution < 1.29 is 14.0 Å². The number of halogens is 1. The minimum atomic E-state index is -0.502. The summed E-state index contributed by atoms with van der Waals surface area (Å²) in [7, 11) is 0. The van der Waals surface area contributed by atoms with E-state index in [4.69, 9.17) is 10.9 Å². The Morgan fingerprint density at radius 1 is 1.23 bits per heavy atom. The van der Waals surface area contributed by atoms with Gasteiger partial charge in [0, 0.05) is 62.2 Å². The van der Waals surface area contributed by atoms with Crippen LogP contribution in [0, 0.1) is 5.82 Å². The van der Waals surface area contributed by atoms with E-state index in [0.29, 0.717) is 18.7 Å². The van der Waals surface area contributed by atoms with E-state index < -0.39 is 5.82 Å². The number of hydrogen-bond acceptors (Lipinski definition) is 7. The van der Waals surface area contributed by atoms with E-state index >= 15 is 0 Å². The maximum atomic E-state index is 14.0. The highest BCUT2D eigenvalue weighted by atomic mass is 32.1. The van der Waals surface area contributed by atoms with Crippen LogP contribution in [-0.2, 0) is 17.8 Å². The molecular formula is C22H28FN5O2S. The summed E-state index contributed by atoms with van der Waals surface area (Å²) in [5.74, 6) is 4.80. The second kappa shape index (κ2) is 8.82. The Hall–Kier alpha value is -2.07. The number of nitrogens with zero attached hydrogens (tertiary/aromatic N) is 4. The summed E-state index contributed by atoms with van der Waals surface area (Å²) in [6.07, 6.45) is 4.79. The molecular weight excluding hydrogens is 417 g/mol. The van der Waals surface area contributed by atoms with Crippen LogP contribution in [0.1, 0.15) is 29.8 Å². The van der Waals surface area contributed by atoms with Gasteiger partial charge < -0.3 is 9.74 Å². The average molecular weight is 446 g/mol. The number of piperazine rings is 1. The second-order valence-electron chi connectivity index (χ2n) is 8.61. The Labute approximate surface area is 185 Å². The van der Waals surface area contributed by atoms with Gasteiger partial charge in [-0.1, -0.05) is 6.42 Å². The molecule has 9 heteroatoms. The standard InChI is InChI=1S/C22H28FN5O2S/c23-17-12-15(4-5-19(17)30-24)22-25-18-6-7-26(13-20(18)31-22)14-21(29)28-10-8-27(9-11-28)16-2-1-3-16/h4-5,12,16H,1-3,6-11,13-14,24H2. The topological polar surface area (TPSA) is 74.9 Å². The van der Waals surface area contributed by atoms with Crippen molar-refractivity contribution in [2.45, 2.75) is 38.3 Å². The number of aromatic nitrogens is 1. The number of nitrogens with two attached hydrogens (primary N) is 1. The van der Waals surface area contributed by atoms with Crippen molar-refractivity contribution in [1.29, 1.82) is 0 Å². The predicted molar refractivity (Wildman–Crippen MR) is 117 cm³/mol. The quantitative estimate of drug-likeness (QED) is 0.712. The Morgan fingerprint density at radius 3 is 2.71 bits per heavy atom. The molecule has 2 aliphatic heterocycles. The molecule has 0 unspecified atom stereocenters. The first-order valence-corrected chi connectivity index (χ1v) is 11.8. The zero-order chi connectivity index (χ0) is 21.4. The molecule has 31 heavy (non-hydrogen) atoms. The van der Waals surface area contributed by atoms with Gasteiger partial charge in [-0.05, 0) is 31.0 Å². The first-order valence-electron chi connectivity index (χ1n) is 11.0. The van der Waals surface area contributed by atoms with E-state index in [1.807, 2.05) is 4.90 Å². The van der Waals surface area contributed by atoms with Crippen LogP contribution >= 0.6 is 11.3 Å². The summed E-state index contributed by atoms with van der Waals surface area (Å²) in [5, 5.41) is 0.785. The number of amides is 1. The molecule has 2 fully saturated rings. The summed E-state index contributed by atoms with van der Waals surface area (Å²) >= 11 is 1.57. The first-order chi connectivity index (χ1) is 15.1. The lowest BCUT2D eigenvalue weighted by molar-refractivity contribution is -0.135. The van der Waals surface area contributed by atoms with E-state index in [1.165, 1.54) is 31.4 Å². The van der Waals surface area contributed by atoms with E-state index in [-0.39, 0.29) is 11.7 Å². The van der Waals surface area contributed by atoms with Crippen molar-refractivity contribution in [1.82, 2.24) is 19.7 Å². The van der Waals surface area contributed by atoms with E-state index in [0.717, 1.165) is 60.8 Å². The SMILES string of the molecule is NOc1ccc(-c2nc3c(s2)CN(CC(=O)N2CCN(C4CCC4)CC2)CC3)cc1F. The summed E-state index contributed by atoms with van der Waals surface area (Å²) in [5.41, 5.74) is 1.77. The van der Waals surface area contributed by atoms with Crippen molar-refractivity contribution in [3.05, 3.63) is 34.6 Å². The molecule has 2 aromatic rings. The van der Waals surface area contributed by atoms with Crippen molar-refractivity contribution in [3.63, 3.8) is 0 Å². The third-order valence-corrected chi connectivity index (χ3v) is 7.86. The lowest BCUT2D eigenvalue weighted by atomic mass is 9.91. The third-order valence-electron chi connectivity index (χ3n) is 6.73. The fraction of sp³-hybridized carbons (Fsp3) is 0.545. The van der Waals surface area contributed by atoms with Crippen LogP contribution < -0.4 is 10.7 Å². The van der Waals surface area contributed by atoms with Gasteiger partial charge in [-0.15, -0.1) is 11.3 Å². The molecule has 1 amide bonds. The van der Waals surface area contributed by atoms with Crippen molar-refractivity contribution >= 4 is 17.2 Å². The lowest BCUT2D eigenvalue weighted by Gasteiger charge is -2.43. The molecule has 0 spiro atoms. The largest absolute Gasteiger partial charge is 0.408 e. The molecule has 3 aliphatic rings. The minimum Gasteiger partial charge on any atom is -0.408 e. The molecule has 1 aliphatic carbocycles. The maximum absolute atomic E-state index is 14.0. The molecule has 2 N–H and O–H groups in total. The second-order valence-corrected chi connectivity index (χ2v) is 9.70. The fourth-order valence-corrected chi connectivity index (χ4v) is 5.76. The van der Waals surface area contributed by atoms with Crippen LogP contribution in [0.25, 0.3) is 10.6 Å². The monoisotopic (exact) mass is 445 g/mol. The number of carbonyl (C=O) groups excluding carboxylic acids is 1. The lowest BCUT2D eigenvalue weighted by Crippen LogP contribution is -2.55. The minimum absolute atomic E-state index is 0.0169. The molecule has 1 saturated carbocycles. The average Bonchev–Trinajstić information content (AvgIpc) is 3.16. The summed E-state index contributed by atoms with van der Waals surface area (Å²) < 4.78 is 14.0. The Morgan fingerprint density at radius 2 is 2.03 bits per heavy atom. The number of fused-ring (bicyclic) bond motifs is 1. The number of benzene rings is 1. The van der Waals surface area contributed by atoms with Gasteiger partial charge in [0.2, 0.25) is 5.91 Å². The van der Waals surface area contributed by atoms with Crippen LogP contribution in [0.2, 0.25) is 0 Å². The smallest absolute Gasteiger partial charge is 0.236 e. The highest BCUT2D eigenvalue weighted by molar-refractivity contribution is 7.15. The van der Waals surface area contributed by atoms with Gasteiger partial charge in [0.1, 0.15) is 5.01 Å². The molecule has 7 nitrogen and oxygen atoms in total. The molecule has 166 valence electrons. The van der Waals surface area contributed by atoms with E-state index in [9.17, 15) is 9.18 Å². The van der Waals surface area contributed by atoms with E-state index in [2.05, 4.69) is 14.6 Å². The van der Waals surface area contributed by atoms with Crippen molar-refractivity contribution in [2.24, 2.45) is 5.90 Å². The van der Waals surface area contributed by atoms with Gasteiger partial charge in [-0.25, -0.2) is 9.37 Å². The number of thiazole rings is 1. The van der Waals surface area contributed by atoms with Gasteiger partial charge in [0.05, 0.1) is 12.2 Å². The van der Waals surface area contributed by atoms with Gasteiger partial charge >= 0.3 is 0 Å². The molecule has 1 aromatic carbocycles. The molecule has 0 radical (unpaired) electrons. The fourth-order valence-electron chi connectivity index (χ4n) is 4.62. The summed E-state index contributed by atoms with van der Waals surface area (Å²) in [6.45, 7) is 5.67. The van der Waals surface area contributed by atoms with Crippen LogP contribution in [0.15, 0.2) is 18.2 Å². The van der Waals surface area contributed by atoms with Crippen LogP contribution in [0.4, 0.5) is 4.39 Å². The van der Waals surface area contributed by atoms with Gasteiger partial charge in [0.15, 0.2) is 11.6 Å². The molecule has 5 rings (SSSR count). The van der Waals surface area contributed by atoms with Crippen LogP contribution in [-0.4, -0.2) is 70.9 Å². The van der Waals surface area contributed by atoms with Gasteiger partial charge in [0.25, 0.3) is 0 Å². The predicted octanol–water partition coefficient (Wildman–Crippen LogP) is 2.26. The van der Waals surface area contributed by atoms with Crippen molar-refractivity contribution in [2.75, 3.05) is 39.3 Å². The van der Waals surface area contributed by atoms with E-state index in [1.54, 1.807) is 17.4 Å². The van der Waals surface area contributed by atoms with Gasteiger partial charge in [-0.3, -0.25) is 14.6 Å². The molecule has 3 heterocycles. The number of hydrogen-bond donors (Lipinski definition) is 1.